The Bertz CT molecular complexity index is 999. The molecule has 8 heteroatoms. The number of carbonyl (C=O) groups excluding carboxylic acids is 2. The van der Waals surface area contributed by atoms with E-state index >= 15 is 0 Å². The van der Waals surface area contributed by atoms with Gasteiger partial charge in [-0.05, 0) is 42.3 Å². The smallest absolute Gasteiger partial charge is 0.243 e. The maximum Gasteiger partial charge on any atom is 0.243 e. The Hall–Kier alpha value is -3.10. The van der Waals surface area contributed by atoms with E-state index in [0.717, 1.165) is 16.8 Å². The fourth-order valence-corrected chi connectivity index (χ4v) is 4.11. The van der Waals surface area contributed by atoms with Crippen LogP contribution in [0.3, 0.4) is 0 Å². The number of aliphatic hydroxyl groups is 1. The van der Waals surface area contributed by atoms with Crippen LogP contribution in [0.2, 0.25) is 0 Å². The molecule has 1 aromatic carbocycles. The van der Waals surface area contributed by atoms with Crippen molar-refractivity contribution in [2.24, 2.45) is 7.05 Å². The van der Waals surface area contributed by atoms with Crippen LogP contribution in [0.25, 0.3) is 11.3 Å². The molecule has 164 valence electrons. The summed E-state index contributed by atoms with van der Waals surface area (Å²) < 4.78 is 2.04. The van der Waals surface area contributed by atoms with Gasteiger partial charge in [0.15, 0.2) is 0 Å². The average molecular weight is 425 g/mol. The van der Waals surface area contributed by atoms with E-state index < -0.39 is 12.1 Å². The Balaban J connectivity index is 1.39. The zero-order valence-electron chi connectivity index (χ0n) is 17.7. The largest absolute Gasteiger partial charge is 0.412 e. The van der Waals surface area contributed by atoms with Gasteiger partial charge in [0, 0.05) is 38.4 Å². The van der Waals surface area contributed by atoms with Gasteiger partial charge in [0.2, 0.25) is 11.8 Å². The molecule has 3 atom stereocenters. The average Bonchev–Trinajstić information content (AvgIpc) is 3.46. The van der Waals surface area contributed by atoms with Crippen molar-refractivity contribution in [3.8, 4) is 11.3 Å². The minimum absolute atomic E-state index is 0.0393. The van der Waals surface area contributed by atoms with E-state index in [2.05, 4.69) is 10.8 Å². The van der Waals surface area contributed by atoms with Crippen LogP contribution in [0, 0.1) is 0 Å². The standard InChI is InChI=1S/C23H28N4O4/c1-15-9-19(31-25-15)12-22(29)27-14-18(28)11-21(27)23(30)24-13-16-5-3-6-17(10-16)20-7-4-8-26(20)2/h3-10,15,18,21,25,28H,11-14H2,1-2H3,(H,24,30)/t15?,18-,21+/m1/s1. The number of hydroxylamine groups is 1. The van der Waals surface area contributed by atoms with Gasteiger partial charge in [-0.3, -0.25) is 9.59 Å². The van der Waals surface area contributed by atoms with Crippen LogP contribution in [0.5, 0.6) is 0 Å². The number of rotatable bonds is 6. The molecule has 2 aromatic rings. The molecule has 0 saturated carbocycles. The Morgan fingerprint density at radius 2 is 2.13 bits per heavy atom. The molecule has 0 spiro atoms. The van der Waals surface area contributed by atoms with Gasteiger partial charge in [0.25, 0.3) is 0 Å². The second-order valence-electron chi connectivity index (χ2n) is 8.19. The van der Waals surface area contributed by atoms with E-state index in [1.54, 1.807) is 0 Å². The van der Waals surface area contributed by atoms with Crippen LogP contribution in [-0.2, 0) is 28.0 Å². The predicted octanol–water partition coefficient (Wildman–Crippen LogP) is 1.47. The minimum atomic E-state index is -0.712. The number of carbonyl (C=O) groups is 2. The molecule has 1 aromatic heterocycles. The summed E-state index contributed by atoms with van der Waals surface area (Å²) >= 11 is 0. The van der Waals surface area contributed by atoms with Crippen molar-refractivity contribution >= 4 is 11.8 Å². The first-order valence-electron chi connectivity index (χ1n) is 10.5. The third-order valence-corrected chi connectivity index (χ3v) is 5.67. The highest BCUT2D eigenvalue weighted by Crippen LogP contribution is 2.23. The first-order valence-corrected chi connectivity index (χ1v) is 10.5. The van der Waals surface area contributed by atoms with Crippen LogP contribution in [0.1, 0.15) is 25.3 Å². The normalized spacial score (nSPS) is 22.9. The number of hydrogen-bond acceptors (Lipinski definition) is 5. The predicted molar refractivity (Wildman–Crippen MR) is 115 cm³/mol. The fraction of sp³-hybridized carbons (Fsp3) is 0.391. The number of amides is 2. The zero-order chi connectivity index (χ0) is 22.0. The molecule has 2 aliphatic rings. The van der Waals surface area contributed by atoms with Gasteiger partial charge in [-0.15, -0.1) is 0 Å². The molecule has 0 radical (unpaired) electrons. The summed E-state index contributed by atoms with van der Waals surface area (Å²) in [6, 6.07) is 11.4. The van der Waals surface area contributed by atoms with Crippen molar-refractivity contribution in [3.05, 3.63) is 60.0 Å². The molecule has 8 nitrogen and oxygen atoms in total. The highest BCUT2D eigenvalue weighted by molar-refractivity contribution is 5.89. The quantitative estimate of drug-likeness (QED) is 0.653. The number of β-amino-alcohol motifs (C(OH)–C–C–N with tert-alkyl or cyclic N) is 1. The van der Waals surface area contributed by atoms with Gasteiger partial charge >= 0.3 is 0 Å². The highest BCUT2D eigenvalue weighted by atomic mass is 16.7. The molecule has 3 heterocycles. The minimum Gasteiger partial charge on any atom is -0.412 e. The molecule has 1 fully saturated rings. The summed E-state index contributed by atoms with van der Waals surface area (Å²) in [5.74, 6) is 0.0436. The van der Waals surface area contributed by atoms with Crippen LogP contribution in [-0.4, -0.2) is 51.1 Å². The summed E-state index contributed by atoms with van der Waals surface area (Å²) in [5.41, 5.74) is 5.90. The number of aryl methyl sites for hydroxylation is 1. The van der Waals surface area contributed by atoms with E-state index in [1.807, 2.05) is 67.2 Å². The fourth-order valence-electron chi connectivity index (χ4n) is 4.11. The Morgan fingerprint density at radius 3 is 2.84 bits per heavy atom. The van der Waals surface area contributed by atoms with Crippen LogP contribution >= 0.6 is 0 Å². The van der Waals surface area contributed by atoms with Crippen molar-refractivity contribution in [2.75, 3.05) is 6.54 Å². The third kappa shape index (κ3) is 4.81. The third-order valence-electron chi connectivity index (χ3n) is 5.67. The molecule has 31 heavy (non-hydrogen) atoms. The van der Waals surface area contributed by atoms with Gasteiger partial charge in [-0.25, -0.2) is 0 Å². The molecule has 0 aliphatic carbocycles. The van der Waals surface area contributed by atoms with Gasteiger partial charge in [-0.1, -0.05) is 18.2 Å². The summed E-state index contributed by atoms with van der Waals surface area (Å²) in [6.07, 6.45) is 3.40. The number of hydrogen-bond donors (Lipinski definition) is 3. The molecule has 0 bridgehead atoms. The summed E-state index contributed by atoms with van der Waals surface area (Å²) in [6.45, 7) is 2.41. The number of aromatic nitrogens is 1. The monoisotopic (exact) mass is 424 g/mol. The topological polar surface area (TPSA) is 95.8 Å². The molecular formula is C23H28N4O4. The molecule has 2 aliphatic heterocycles. The van der Waals surface area contributed by atoms with Crippen molar-refractivity contribution in [1.82, 2.24) is 20.3 Å². The maximum absolute atomic E-state index is 12.9. The van der Waals surface area contributed by atoms with E-state index in [0.29, 0.717) is 12.3 Å². The Labute approximate surface area is 181 Å². The van der Waals surface area contributed by atoms with Gasteiger partial charge in [0.1, 0.15) is 11.8 Å². The highest BCUT2D eigenvalue weighted by Gasteiger charge is 2.39. The zero-order valence-corrected chi connectivity index (χ0v) is 17.7. The molecular weight excluding hydrogens is 396 g/mol. The number of nitrogens with one attached hydrogen (secondary N) is 2. The Kier molecular flexibility index (Phi) is 6.11. The van der Waals surface area contributed by atoms with Crippen LogP contribution in [0.15, 0.2) is 54.4 Å². The van der Waals surface area contributed by atoms with Crippen LogP contribution < -0.4 is 10.8 Å². The maximum atomic E-state index is 12.9. The molecule has 2 amide bonds. The number of aliphatic hydroxyl groups excluding tert-OH is 1. The molecule has 3 N–H and O–H groups in total. The van der Waals surface area contributed by atoms with Gasteiger partial charge in [0.05, 0.1) is 18.6 Å². The van der Waals surface area contributed by atoms with E-state index in [4.69, 9.17) is 4.84 Å². The summed E-state index contributed by atoms with van der Waals surface area (Å²) in [7, 11) is 1.99. The molecule has 1 saturated heterocycles. The lowest BCUT2D eigenvalue weighted by Gasteiger charge is -2.23. The first kappa shape index (κ1) is 21.1. The summed E-state index contributed by atoms with van der Waals surface area (Å²) in [4.78, 5) is 32.3. The van der Waals surface area contributed by atoms with Crippen molar-refractivity contribution in [2.45, 2.75) is 44.5 Å². The lowest BCUT2D eigenvalue weighted by atomic mass is 10.1. The number of benzene rings is 1. The first-order chi connectivity index (χ1) is 14.9. The van der Waals surface area contributed by atoms with Crippen molar-refractivity contribution in [1.29, 1.82) is 0 Å². The SMILES string of the molecule is CC1C=C(CC(=O)N2C[C@H](O)C[C@H]2C(=O)NCc2cccc(-c3cccn3C)c2)ON1. The summed E-state index contributed by atoms with van der Waals surface area (Å²) in [5, 5.41) is 13.0. The van der Waals surface area contributed by atoms with Gasteiger partial charge in [-0.2, -0.15) is 5.48 Å². The molecule has 1 unspecified atom stereocenters. The number of nitrogens with zero attached hydrogens (tertiary/aromatic N) is 2. The second kappa shape index (κ2) is 8.95. The lowest BCUT2D eigenvalue weighted by molar-refractivity contribution is -0.138. The van der Waals surface area contributed by atoms with Crippen molar-refractivity contribution < 1.29 is 19.5 Å². The van der Waals surface area contributed by atoms with Crippen LogP contribution in [0.4, 0.5) is 0 Å². The second-order valence-corrected chi connectivity index (χ2v) is 8.19. The van der Waals surface area contributed by atoms with E-state index in [1.165, 1.54) is 4.90 Å². The Morgan fingerprint density at radius 1 is 1.29 bits per heavy atom. The van der Waals surface area contributed by atoms with E-state index in [9.17, 15) is 14.7 Å². The lowest BCUT2D eigenvalue weighted by Crippen LogP contribution is -2.45. The van der Waals surface area contributed by atoms with Gasteiger partial charge < -0.3 is 24.7 Å². The van der Waals surface area contributed by atoms with E-state index in [-0.39, 0.29) is 37.2 Å². The van der Waals surface area contributed by atoms with Crippen molar-refractivity contribution in [3.63, 3.8) is 0 Å². The molecule has 4 rings (SSSR count). The number of likely N-dealkylation sites (tertiary alicyclic amines) is 1.